The monoisotopic (exact) mass is 365 g/mol. The van der Waals surface area contributed by atoms with Crippen molar-refractivity contribution in [2.24, 2.45) is 14.1 Å². The van der Waals surface area contributed by atoms with Gasteiger partial charge < -0.3 is 0 Å². The highest BCUT2D eigenvalue weighted by Gasteiger charge is 2.23. The third-order valence-corrected chi connectivity index (χ3v) is 5.38. The molecule has 27 heavy (non-hydrogen) atoms. The van der Waals surface area contributed by atoms with Gasteiger partial charge in [-0.05, 0) is 43.1 Å². The molecule has 140 valence electrons. The van der Waals surface area contributed by atoms with Gasteiger partial charge in [-0.3, -0.25) is 23.8 Å². The molecule has 0 aliphatic carbocycles. The summed E-state index contributed by atoms with van der Waals surface area (Å²) in [5.74, 6) is 0.291. The van der Waals surface area contributed by atoms with Gasteiger partial charge in [-0.1, -0.05) is 6.07 Å². The summed E-state index contributed by atoms with van der Waals surface area (Å²) in [6.45, 7) is 2.83. The molecule has 4 rings (SSSR count). The second kappa shape index (κ2) is 7.08. The Morgan fingerprint density at radius 2 is 2.00 bits per heavy atom. The molecule has 0 aromatic carbocycles. The fourth-order valence-electron chi connectivity index (χ4n) is 3.89. The number of rotatable bonds is 3. The van der Waals surface area contributed by atoms with Crippen molar-refractivity contribution in [2.75, 3.05) is 13.1 Å². The molecule has 0 radical (unpaired) electrons. The highest BCUT2D eigenvalue weighted by molar-refractivity contribution is 5.74. The van der Waals surface area contributed by atoms with Crippen molar-refractivity contribution in [3.05, 3.63) is 68.8 Å². The van der Waals surface area contributed by atoms with E-state index in [9.17, 15) is 9.59 Å². The summed E-state index contributed by atoms with van der Waals surface area (Å²) < 4.78 is 2.58. The molecule has 1 aliphatic heterocycles. The summed E-state index contributed by atoms with van der Waals surface area (Å²) in [5.41, 5.74) is 1.97. The lowest BCUT2D eigenvalue weighted by Gasteiger charge is -2.32. The molecule has 3 aromatic rings. The maximum Gasteiger partial charge on any atom is 0.332 e. The molecule has 1 saturated heterocycles. The zero-order chi connectivity index (χ0) is 19.0. The van der Waals surface area contributed by atoms with Gasteiger partial charge in [0.1, 0.15) is 5.65 Å². The molecule has 4 heterocycles. The quantitative estimate of drug-likeness (QED) is 0.702. The maximum absolute atomic E-state index is 12.3. The fraction of sp³-hybridized carbons (Fsp3) is 0.400. The number of likely N-dealkylation sites (tertiary alicyclic amines) is 1. The Labute approximate surface area is 156 Å². The number of hydrogen-bond acceptors (Lipinski definition) is 5. The van der Waals surface area contributed by atoms with Crippen molar-refractivity contribution < 1.29 is 0 Å². The van der Waals surface area contributed by atoms with Crippen molar-refractivity contribution in [1.29, 1.82) is 0 Å². The van der Waals surface area contributed by atoms with Crippen molar-refractivity contribution >= 4 is 11.0 Å². The second-order valence-corrected chi connectivity index (χ2v) is 7.25. The van der Waals surface area contributed by atoms with Crippen molar-refractivity contribution in [1.82, 2.24) is 24.0 Å². The lowest BCUT2D eigenvalue weighted by molar-refractivity contribution is 0.198. The van der Waals surface area contributed by atoms with Gasteiger partial charge in [0, 0.05) is 51.2 Å². The molecular weight excluding hydrogens is 342 g/mol. The Balaban J connectivity index is 1.64. The van der Waals surface area contributed by atoms with Crippen LogP contribution in [0.4, 0.5) is 0 Å². The van der Waals surface area contributed by atoms with Crippen LogP contribution < -0.4 is 11.2 Å². The highest BCUT2D eigenvalue weighted by atomic mass is 16.2. The molecule has 0 N–H and O–H groups in total. The van der Waals surface area contributed by atoms with E-state index < -0.39 is 0 Å². The van der Waals surface area contributed by atoms with Crippen LogP contribution in [0, 0.1) is 0 Å². The number of nitrogens with zero attached hydrogens (tertiary/aromatic N) is 5. The van der Waals surface area contributed by atoms with Gasteiger partial charge in [0.15, 0.2) is 0 Å². The number of piperidine rings is 1. The molecule has 0 saturated carbocycles. The van der Waals surface area contributed by atoms with E-state index in [4.69, 9.17) is 4.98 Å². The minimum atomic E-state index is -0.348. The summed E-state index contributed by atoms with van der Waals surface area (Å²) in [7, 11) is 3.16. The van der Waals surface area contributed by atoms with E-state index >= 15 is 0 Å². The Bertz CT molecular complexity index is 1090. The first-order chi connectivity index (χ1) is 13.0. The summed E-state index contributed by atoms with van der Waals surface area (Å²) in [4.78, 5) is 35.9. The number of hydrogen-bond donors (Lipinski definition) is 0. The van der Waals surface area contributed by atoms with E-state index in [1.165, 1.54) is 17.2 Å². The Hall–Kier alpha value is -2.80. The molecule has 1 fully saturated rings. The second-order valence-electron chi connectivity index (χ2n) is 7.25. The zero-order valence-electron chi connectivity index (χ0n) is 15.6. The van der Waals surface area contributed by atoms with Gasteiger partial charge in [-0.15, -0.1) is 0 Å². The van der Waals surface area contributed by atoms with Gasteiger partial charge in [0.2, 0.25) is 0 Å². The lowest BCUT2D eigenvalue weighted by Crippen LogP contribution is -2.38. The van der Waals surface area contributed by atoms with E-state index in [-0.39, 0.29) is 11.2 Å². The first-order valence-corrected chi connectivity index (χ1v) is 9.22. The number of aromatic nitrogens is 4. The van der Waals surface area contributed by atoms with E-state index in [0.29, 0.717) is 17.0 Å². The lowest BCUT2D eigenvalue weighted by atomic mass is 9.94. The van der Waals surface area contributed by atoms with E-state index in [2.05, 4.69) is 16.0 Å². The molecule has 0 amide bonds. The first kappa shape index (κ1) is 17.6. The normalized spacial score (nSPS) is 18.1. The van der Waals surface area contributed by atoms with Crippen LogP contribution in [-0.2, 0) is 20.6 Å². The molecule has 1 aliphatic rings. The third-order valence-electron chi connectivity index (χ3n) is 5.38. The summed E-state index contributed by atoms with van der Waals surface area (Å²) in [5, 5.41) is 0.478. The van der Waals surface area contributed by atoms with Gasteiger partial charge >= 0.3 is 5.69 Å². The van der Waals surface area contributed by atoms with E-state index in [1.54, 1.807) is 19.3 Å². The van der Waals surface area contributed by atoms with Gasteiger partial charge in [0.05, 0.1) is 5.39 Å². The molecule has 1 atom stereocenters. The molecule has 0 bridgehead atoms. The molecular formula is C20H23N5O2. The third kappa shape index (κ3) is 3.30. The van der Waals surface area contributed by atoms with Crippen LogP contribution in [0.3, 0.4) is 0 Å². The summed E-state index contributed by atoms with van der Waals surface area (Å²) in [6.07, 6.45) is 5.85. The van der Waals surface area contributed by atoms with E-state index in [1.807, 2.05) is 18.3 Å². The molecule has 0 unspecified atom stereocenters. The zero-order valence-corrected chi connectivity index (χ0v) is 15.6. The molecule has 3 aromatic heterocycles. The van der Waals surface area contributed by atoms with Gasteiger partial charge in [0.25, 0.3) is 5.56 Å². The summed E-state index contributed by atoms with van der Waals surface area (Å²) in [6, 6.07) is 7.80. The van der Waals surface area contributed by atoms with Crippen LogP contribution in [0.15, 0.2) is 46.2 Å². The fourth-order valence-corrected chi connectivity index (χ4v) is 3.89. The van der Waals surface area contributed by atoms with Gasteiger partial charge in [-0.2, -0.15) is 0 Å². The maximum atomic E-state index is 12.3. The number of pyridine rings is 2. The Morgan fingerprint density at radius 1 is 1.15 bits per heavy atom. The predicted molar refractivity (Wildman–Crippen MR) is 104 cm³/mol. The van der Waals surface area contributed by atoms with Crippen LogP contribution in [0.2, 0.25) is 0 Å². The number of aryl methyl sites for hydroxylation is 1. The van der Waals surface area contributed by atoms with Crippen molar-refractivity contribution in [3.8, 4) is 0 Å². The highest BCUT2D eigenvalue weighted by Crippen LogP contribution is 2.27. The van der Waals surface area contributed by atoms with Crippen molar-refractivity contribution in [3.63, 3.8) is 0 Å². The topological polar surface area (TPSA) is 73.0 Å². The molecule has 7 heteroatoms. The number of fused-ring (bicyclic) bond motifs is 1. The minimum absolute atomic E-state index is 0.291. The van der Waals surface area contributed by atoms with Crippen LogP contribution >= 0.6 is 0 Å². The van der Waals surface area contributed by atoms with Crippen LogP contribution in [0.25, 0.3) is 11.0 Å². The standard InChI is InChI=1S/C20H23N5O2/c1-23-18-16(19(26)24(2)20(23)27)7-8-17(22-18)15-6-4-10-25(13-15)12-14-5-3-9-21-11-14/h3,5,7-9,11,15H,4,6,10,12-13H2,1-2H3/t15-/m1/s1. The smallest absolute Gasteiger partial charge is 0.298 e. The van der Waals surface area contributed by atoms with Crippen molar-refractivity contribution in [2.45, 2.75) is 25.3 Å². The summed E-state index contributed by atoms with van der Waals surface area (Å²) >= 11 is 0. The van der Waals surface area contributed by atoms with Gasteiger partial charge in [-0.25, -0.2) is 9.78 Å². The average Bonchev–Trinajstić information content (AvgIpc) is 2.71. The predicted octanol–water partition coefficient (Wildman–Crippen LogP) is 1.41. The SMILES string of the molecule is Cn1c(=O)c2ccc([C@@H]3CCCN(Cc4cccnc4)C3)nc2n(C)c1=O. The van der Waals surface area contributed by atoms with Crippen LogP contribution in [0.5, 0.6) is 0 Å². The molecule has 7 nitrogen and oxygen atoms in total. The van der Waals surface area contributed by atoms with Crippen LogP contribution in [-0.4, -0.2) is 37.1 Å². The minimum Gasteiger partial charge on any atom is -0.298 e. The van der Waals surface area contributed by atoms with Crippen LogP contribution in [0.1, 0.15) is 30.0 Å². The average molecular weight is 365 g/mol. The molecule has 0 spiro atoms. The Kier molecular flexibility index (Phi) is 4.61. The Morgan fingerprint density at radius 3 is 2.78 bits per heavy atom. The van der Waals surface area contributed by atoms with E-state index in [0.717, 1.165) is 42.7 Å². The first-order valence-electron chi connectivity index (χ1n) is 9.22. The largest absolute Gasteiger partial charge is 0.332 e.